The third kappa shape index (κ3) is 8.22. The lowest BCUT2D eigenvalue weighted by Crippen LogP contribution is -2.46. The quantitative estimate of drug-likeness (QED) is 0.211. The van der Waals surface area contributed by atoms with E-state index in [4.69, 9.17) is 0 Å². The smallest absolute Gasteiger partial charge is 0.292 e. The summed E-state index contributed by atoms with van der Waals surface area (Å²) < 4.78 is 0. The van der Waals surface area contributed by atoms with E-state index in [1.807, 2.05) is 12.1 Å². The number of likely N-dealkylation sites (tertiary alicyclic amines) is 1. The molecule has 3 N–H and O–H groups in total. The fourth-order valence-electron chi connectivity index (χ4n) is 4.51. The van der Waals surface area contributed by atoms with E-state index in [1.165, 1.54) is 0 Å². The summed E-state index contributed by atoms with van der Waals surface area (Å²) in [7, 11) is 0. The normalized spacial score (nSPS) is 19.1. The zero-order valence-electron chi connectivity index (χ0n) is 19.8. The lowest BCUT2D eigenvalue weighted by atomic mass is 9.99. The van der Waals surface area contributed by atoms with Crippen LogP contribution in [0.15, 0.2) is 18.2 Å². The van der Waals surface area contributed by atoms with Gasteiger partial charge in [-0.2, -0.15) is 0 Å². The minimum atomic E-state index is -0.316. The molecule has 1 aliphatic rings. The Morgan fingerprint density at radius 3 is 2.56 bits per heavy atom. The summed E-state index contributed by atoms with van der Waals surface area (Å²) in [4.78, 5) is 15.7. The Balaban J connectivity index is 1.78. The van der Waals surface area contributed by atoms with Crippen molar-refractivity contribution in [1.82, 2.24) is 4.90 Å². The summed E-state index contributed by atoms with van der Waals surface area (Å²) in [5, 5.41) is 34.0. The zero-order valence-corrected chi connectivity index (χ0v) is 19.8. The molecule has 8 heteroatoms. The molecule has 32 heavy (non-hydrogen) atoms. The van der Waals surface area contributed by atoms with E-state index in [9.17, 15) is 20.3 Å². The molecule has 0 bridgehead atoms. The number of benzene rings is 1. The Kier molecular flexibility index (Phi) is 11.8. The fourth-order valence-corrected chi connectivity index (χ4v) is 4.51. The summed E-state index contributed by atoms with van der Waals surface area (Å²) in [5.74, 6) is 0. The molecular formula is C24H42N4O4. The summed E-state index contributed by atoms with van der Waals surface area (Å²) in [6, 6.07) is 5.47. The highest BCUT2D eigenvalue weighted by Gasteiger charge is 2.26. The molecule has 0 saturated carbocycles. The number of nitro benzene ring substituents is 1. The summed E-state index contributed by atoms with van der Waals surface area (Å²) in [6.45, 7) is 8.78. The van der Waals surface area contributed by atoms with Crippen molar-refractivity contribution < 1.29 is 15.1 Å². The Morgan fingerprint density at radius 2 is 1.91 bits per heavy atom. The number of nitrogens with one attached hydrogen (secondary N) is 1. The molecule has 0 amide bonds. The number of aliphatic hydroxyl groups excluding tert-OH is 2. The second kappa shape index (κ2) is 14.3. The second-order valence-corrected chi connectivity index (χ2v) is 8.84. The molecule has 1 saturated heterocycles. The van der Waals surface area contributed by atoms with Gasteiger partial charge >= 0.3 is 0 Å². The standard InChI is InChI=1S/C24H42N4O4/c1-3-13-26(14-4-2)20-9-10-24(28(31)32)23(18-20)25-12-7-5-6-8-15-27-16-11-22(30)17-21(27)19-29/h9-10,18,21-22,25,29-30H,3-8,11-17,19H2,1-2H3/t21-,22+/m0/s1. The first kappa shape index (κ1) is 26.4. The van der Waals surface area contributed by atoms with Gasteiger partial charge in [-0.05, 0) is 57.2 Å². The summed E-state index contributed by atoms with van der Waals surface area (Å²) in [5.41, 5.74) is 1.76. The van der Waals surface area contributed by atoms with Crippen LogP contribution in [0, 0.1) is 10.1 Å². The molecule has 182 valence electrons. The van der Waals surface area contributed by atoms with E-state index in [0.717, 1.165) is 76.8 Å². The molecule has 0 spiro atoms. The Labute approximate surface area is 192 Å². The van der Waals surface area contributed by atoms with Crippen LogP contribution in [0.4, 0.5) is 17.1 Å². The van der Waals surface area contributed by atoms with Gasteiger partial charge in [0.15, 0.2) is 0 Å². The Hall–Kier alpha value is -1.90. The van der Waals surface area contributed by atoms with Gasteiger partial charge in [-0.3, -0.25) is 15.0 Å². The molecule has 8 nitrogen and oxygen atoms in total. The van der Waals surface area contributed by atoms with Crippen LogP contribution in [-0.2, 0) is 0 Å². The average molecular weight is 451 g/mol. The van der Waals surface area contributed by atoms with Crippen molar-refractivity contribution in [3.63, 3.8) is 0 Å². The molecule has 0 unspecified atom stereocenters. The second-order valence-electron chi connectivity index (χ2n) is 8.84. The van der Waals surface area contributed by atoms with Crippen molar-refractivity contribution in [1.29, 1.82) is 0 Å². The minimum absolute atomic E-state index is 0.0771. The number of nitro groups is 1. The van der Waals surface area contributed by atoms with Crippen molar-refractivity contribution in [2.24, 2.45) is 0 Å². The van der Waals surface area contributed by atoms with Gasteiger partial charge in [-0.1, -0.05) is 26.7 Å². The van der Waals surface area contributed by atoms with E-state index < -0.39 is 0 Å². The first-order valence-corrected chi connectivity index (χ1v) is 12.3. The van der Waals surface area contributed by atoms with E-state index >= 15 is 0 Å². The van der Waals surface area contributed by atoms with E-state index in [0.29, 0.717) is 18.7 Å². The molecule has 1 aromatic rings. The van der Waals surface area contributed by atoms with Crippen molar-refractivity contribution in [2.75, 3.05) is 49.5 Å². The topological polar surface area (TPSA) is 102 Å². The molecule has 1 fully saturated rings. The number of unbranched alkanes of at least 4 members (excludes halogenated alkanes) is 3. The van der Waals surface area contributed by atoms with Gasteiger partial charge in [0.1, 0.15) is 5.69 Å². The average Bonchev–Trinajstić information content (AvgIpc) is 2.78. The molecular weight excluding hydrogens is 408 g/mol. The maximum absolute atomic E-state index is 11.5. The molecule has 1 aliphatic heterocycles. The first-order valence-electron chi connectivity index (χ1n) is 12.3. The van der Waals surface area contributed by atoms with Crippen LogP contribution in [0.5, 0.6) is 0 Å². The van der Waals surface area contributed by atoms with Crippen molar-refractivity contribution in [3.05, 3.63) is 28.3 Å². The minimum Gasteiger partial charge on any atom is -0.395 e. The number of piperidine rings is 1. The maximum Gasteiger partial charge on any atom is 0.292 e. The monoisotopic (exact) mass is 450 g/mol. The number of hydrogen-bond acceptors (Lipinski definition) is 7. The van der Waals surface area contributed by atoms with Crippen LogP contribution < -0.4 is 10.2 Å². The van der Waals surface area contributed by atoms with E-state index in [-0.39, 0.29) is 29.4 Å². The van der Waals surface area contributed by atoms with Crippen LogP contribution >= 0.6 is 0 Å². The van der Waals surface area contributed by atoms with Crippen LogP contribution in [0.3, 0.4) is 0 Å². The van der Waals surface area contributed by atoms with Gasteiger partial charge in [0.2, 0.25) is 0 Å². The van der Waals surface area contributed by atoms with E-state index in [2.05, 4.69) is 29.0 Å². The fraction of sp³-hybridized carbons (Fsp3) is 0.750. The molecule has 0 aromatic heterocycles. The van der Waals surface area contributed by atoms with Gasteiger partial charge < -0.3 is 20.4 Å². The molecule has 1 heterocycles. The molecule has 2 atom stereocenters. The van der Waals surface area contributed by atoms with Crippen LogP contribution in [0.2, 0.25) is 0 Å². The van der Waals surface area contributed by atoms with Gasteiger partial charge in [0.25, 0.3) is 5.69 Å². The van der Waals surface area contributed by atoms with Gasteiger partial charge in [-0.15, -0.1) is 0 Å². The largest absolute Gasteiger partial charge is 0.395 e. The molecule has 1 aromatic carbocycles. The van der Waals surface area contributed by atoms with E-state index in [1.54, 1.807) is 6.07 Å². The van der Waals surface area contributed by atoms with Crippen LogP contribution in [-0.4, -0.2) is 71.5 Å². The highest BCUT2D eigenvalue weighted by Crippen LogP contribution is 2.30. The van der Waals surface area contributed by atoms with Gasteiger partial charge in [0.05, 0.1) is 17.6 Å². The highest BCUT2D eigenvalue weighted by atomic mass is 16.6. The summed E-state index contributed by atoms with van der Waals surface area (Å²) in [6.07, 6.45) is 7.39. The number of aliphatic hydroxyl groups is 2. The summed E-state index contributed by atoms with van der Waals surface area (Å²) >= 11 is 0. The van der Waals surface area contributed by atoms with Gasteiger partial charge in [-0.25, -0.2) is 0 Å². The number of anilines is 2. The van der Waals surface area contributed by atoms with Crippen molar-refractivity contribution in [2.45, 2.75) is 77.4 Å². The SMILES string of the molecule is CCCN(CCC)c1ccc([N+](=O)[O-])c(NCCCCCCN2CC[C@@H](O)C[C@H]2CO)c1. The lowest BCUT2D eigenvalue weighted by molar-refractivity contribution is -0.383. The number of rotatable bonds is 15. The van der Waals surface area contributed by atoms with Crippen molar-refractivity contribution >= 4 is 17.1 Å². The molecule has 0 aliphatic carbocycles. The predicted octanol–water partition coefficient (Wildman–Crippen LogP) is 4.01. The zero-order chi connectivity index (χ0) is 23.3. The van der Waals surface area contributed by atoms with Crippen molar-refractivity contribution in [3.8, 4) is 0 Å². The van der Waals surface area contributed by atoms with Gasteiger partial charge in [0, 0.05) is 44.0 Å². The third-order valence-electron chi connectivity index (χ3n) is 6.24. The van der Waals surface area contributed by atoms with Crippen LogP contribution in [0.25, 0.3) is 0 Å². The molecule has 0 radical (unpaired) electrons. The number of nitrogens with zero attached hydrogens (tertiary/aromatic N) is 3. The Morgan fingerprint density at radius 1 is 1.19 bits per heavy atom. The first-order chi connectivity index (χ1) is 15.5. The molecule has 2 rings (SSSR count). The Bertz CT molecular complexity index is 682. The van der Waals surface area contributed by atoms with Crippen LogP contribution in [0.1, 0.15) is 65.2 Å². The third-order valence-corrected chi connectivity index (χ3v) is 6.24. The maximum atomic E-state index is 11.5. The highest BCUT2D eigenvalue weighted by molar-refractivity contribution is 5.69. The number of hydrogen-bond donors (Lipinski definition) is 3. The lowest BCUT2D eigenvalue weighted by Gasteiger charge is -2.36. The predicted molar refractivity (Wildman–Crippen MR) is 131 cm³/mol.